The van der Waals surface area contributed by atoms with Crippen molar-refractivity contribution in [1.29, 1.82) is 0 Å². The van der Waals surface area contributed by atoms with E-state index in [1.807, 2.05) is 0 Å². The van der Waals surface area contributed by atoms with Crippen molar-refractivity contribution >= 4 is 34.4 Å². The van der Waals surface area contributed by atoms with Gasteiger partial charge in [0.2, 0.25) is 0 Å². The van der Waals surface area contributed by atoms with E-state index in [9.17, 15) is 25.0 Å². The van der Waals surface area contributed by atoms with E-state index in [1.165, 1.54) is 41.0 Å². The first-order valence-corrected chi connectivity index (χ1v) is 9.13. The summed E-state index contributed by atoms with van der Waals surface area (Å²) in [5.41, 5.74) is 0.975. The van der Waals surface area contributed by atoms with Gasteiger partial charge in [-0.25, -0.2) is 4.98 Å². The zero-order chi connectivity index (χ0) is 22.0. The molecule has 9 heteroatoms. The van der Waals surface area contributed by atoms with Crippen LogP contribution < -0.4 is 5.56 Å². The molecular formula is C22H14N4O5. The van der Waals surface area contributed by atoms with Crippen LogP contribution in [0.5, 0.6) is 0 Å². The minimum atomic E-state index is -0.520. The molecular weight excluding hydrogens is 400 g/mol. The molecule has 0 bridgehead atoms. The van der Waals surface area contributed by atoms with Crippen molar-refractivity contribution in [2.45, 2.75) is 0 Å². The topological polar surface area (TPSA) is 121 Å². The minimum Gasteiger partial charge on any atom is -0.268 e. The highest BCUT2D eigenvalue weighted by atomic mass is 16.6. The SMILES string of the molecule is O=c1c2ccccc2nc(C=Cc2cccc([N+](=O)[O-])c2)n1-c1ccc([N+](=O)[O-])cc1. The highest BCUT2D eigenvalue weighted by molar-refractivity contribution is 5.80. The number of benzene rings is 3. The van der Waals surface area contributed by atoms with Crippen LogP contribution >= 0.6 is 0 Å². The van der Waals surface area contributed by atoms with E-state index in [2.05, 4.69) is 4.98 Å². The fourth-order valence-corrected chi connectivity index (χ4v) is 3.15. The van der Waals surface area contributed by atoms with Crippen LogP contribution in [-0.2, 0) is 0 Å². The maximum Gasteiger partial charge on any atom is 0.270 e. The molecule has 0 aliphatic carbocycles. The quantitative estimate of drug-likeness (QED) is 0.353. The van der Waals surface area contributed by atoms with E-state index in [1.54, 1.807) is 48.6 Å². The molecule has 0 atom stereocenters. The summed E-state index contributed by atoms with van der Waals surface area (Å²) in [6.45, 7) is 0. The van der Waals surface area contributed by atoms with Crippen molar-refractivity contribution in [2.24, 2.45) is 0 Å². The van der Waals surface area contributed by atoms with Crippen LogP contribution in [-0.4, -0.2) is 19.4 Å². The Morgan fingerprint density at radius 3 is 2.23 bits per heavy atom. The van der Waals surface area contributed by atoms with E-state index in [4.69, 9.17) is 0 Å². The van der Waals surface area contributed by atoms with Crippen LogP contribution in [0.15, 0.2) is 77.6 Å². The molecule has 1 aromatic heterocycles. The molecule has 152 valence electrons. The number of nitro groups is 2. The van der Waals surface area contributed by atoms with Gasteiger partial charge in [0.15, 0.2) is 0 Å². The van der Waals surface area contributed by atoms with Crippen LogP contribution in [0, 0.1) is 20.2 Å². The third-order valence-electron chi connectivity index (χ3n) is 4.63. The van der Waals surface area contributed by atoms with Gasteiger partial charge in [-0.2, -0.15) is 0 Å². The van der Waals surface area contributed by atoms with Gasteiger partial charge in [0.1, 0.15) is 5.82 Å². The van der Waals surface area contributed by atoms with Gasteiger partial charge in [-0.1, -0.05) is 30.3 Å². The number of nitrogens with zero attached hydrogens (tertiary/aromatic N) is 4. The van der Waals surface area contributed by atoms with Gasteiger partial charge >= 0.3 is 0 Å². The summed E-state index contributed by atoms with van der Waals surface area (Å²) in [6, 6.07) is 18.5. The number of fused-ring (bicyclic) bond motifs is 1. The molecule has 31 heavy (non-hydrogen) atoms. The van der Waals surface area contributed by atoms with E-state index in [0.29, 0.717) is 22.2 Å². The number of rotatable bonds is 5. The average Bonchev–Trinajstić information content (AvgIpc) is 2.78. The van der Waals surface area contributed by atoms with Gasteiger partial charge in [0.05, 0.1) is 26.4 Å². The molecule has 0 amide bonds. The molecule has 0 radical (unpaired) electrons. The number of aromatic nitrogens is 2. The van der Waals surface area contributed by atoms with Crippen LogP contribution in [0.1, 0.15) is 11.4 Å². The lowest BCUT2D eigenvalue weighted by Crippen LogP contribution is -2.22. The van der Waals surface area contributed by atoms with Crippen LogP contribution in [0.3, 0.4) is 0 Å². The summed E-state index contributed by atoms with van der Waals surface area (Å²) in [6.07, 6.45) is 3.19. The maximum atomic E-state index is 13.2. The number of nitro benzene ring substituents is 2. The molecule has 0 aliphatic heterocycles. The van der Waals surface area contributed by atoms with Gasteiger partial charge in [-0.15, -0.1) is 0 Å². The van der Waals surface area contributed by atoms with Gasteiger partial charge < -0.3 is 0 Å². The molecule has 3 aromatic carbocycles. The molecule has 4 rings (SSSR count). The summed E-state index contributed by atoms with van der Waals surface area (Å²) in [5, 5.41) is 22.4. The average molecular weight is 414 g/mol. The third-order valence-corrected chi connectivity index (χ3v) is 4.63. The van der Waals surface area contributed by atoms with Crippen LogP contribution in [0.2, 0.25) is 0 Å². The lowest BCUT2D eigenvalue weighted by Gasteiger charge is -2.11. The second-order valence-corrected chi connectivity index (χ2v) is 6.59. The zero-order valence-electron chi connectivity index (χ0n) is 15.9. The fourth-order valence-electron chi connectivity index (χ4n) is 3.15. The first kappa shape index (κ1) is 19.6. The molecule has 0 fully saturated rings. The number of hydrogen-bond acceptors (Lipinski definition) is 6. The van der Waals surface area contributed by atoms with E-state index in [-0.39, 0.29) is 22.8 Å². The summed E-state index contributed by atoms with van der Waals surface area (Å²) in [7, 11) is 0. The Morgan fingerprint density at radius 1 is 0.806 bits per heavy atom. The lowest BCUT2D eigenvalue weighted by molar-refractivity contribution is -0.385. The Hall–Kier alpha value is -4.66. The Morgan fingerprint density at radius 2 is 1.52 bits per heavy atom. The Bertz CT molecular complexity index is 1410. The van der Waals surface area contributed by atoms with Gasteiger partial charge in [0.25, 0.3) is 16.9 Å². The molecule has 1 heterocycles. The second kappa shape index (κ2) is 7.99. The van der Waals surface area contributed by atoms with E-state index < -0.39 is 9.85 Å². The van der Waals surface area contributed by atoms with E-state index in [0.717, 1.165) is 0 Å². The lowest BCUT2D eigenvalue weighted by atomic mass is 10.2. The van der Waals surface area contributed by atoms with Crippen molar-refractivity contribution in [1.82, 2.24) is 9.55 Å². The minimum absolute atomic E-state index is 0.0543. The fraction of sp³-hybridized carbons (Fsp3) is 0. The van der Waals surface area contributed by atoms with Crippen molar-refractivity contribution in [3.05, 3.63) is 115 Å². The largest absolute Gasteiger partial charge is 0.270 e. The highest BCUT2D eigenvalue weighted by Crippen LogP contribution is 2.19. The predicted octanol–water partition coefficient (Wildman–Crippen LogP) is 4.37. The summed E-state index contributed by atoms with van der Waals surface area (Å²) >= 11 is 0. The van der Waals surface area contributed by atoms with Gasteiger partial charge in [-0.3, -0.25) is 29.6 Å². The summed E-state index contributed by atoms with van der Waals surface area (Å²) in [5.74, 6) is 0.282. The molecule has 4 aromatic rings. The standard InChI is InChI=1S/C22H14N4O5/c27-22-19-6-1-2-7-20(19)23-21(13-8-15-4-3-5-18(14-15)26(30)31)24(22)16-9-11-17(12-10-16)25(28)29/h1-14H. The number of para-hydroxylation sites is 1. The Balaban J connectivity index is 1.88. The smallest absolute Gasteiger partial charge is 0.268 e. The molecule has 0 saturated carbocycles. The van der Waals surface area contributed by atoms with Gasteiger partial charge in [0, 0.05) is 24.3 Å². The van der Waals surface area contributed by atoms with Crippen molar-refractivity contribution in [2.75, 3.05) is 0 Å². The molecule has 0 unspecified atom stereocenters. The first-order chi connectivity index (χ1) is 14.9. The molecule has 0 N–H and O–H groups in total. The normalized spacial score (nSPS) is 11.1. The van der Waals surface area contributed by atoms with Crippen LogP contribution in [0.25, 0.3) is 28.7 Å². The van der Waals surface area contributed by atoms with E-state index >= 15 is 0 Å². The number of hydrogen-bond donors (Lipinski definition) is 0. The molecule has 0 aliphatic rings. The molecule has 9 nitrogen and oxygen atoms in total. The monoisotopic (exact) mass is 414 g/mol. The van der Waals surface area contributed by atoms with Crippen molar-refractivity contribution < 1.29 is 9.85 Å². The first-order valence-electron chi connectivity index (χ1n) is 9.13. The zero-order valence-corrected chi connectivity index (χ0v) is 15.9. The predicted molar refractivity (Wildman–Crippen MR) is 116 cm³/mol. The van der Waals surface area contributed by atoms with Crippen molar-refractivity contribution in [3.8, 4) is 5.69 Å². The summed E-state index contributed by atoms with van der Waals surface area (Å²) < 4.78 is 1.35. The van der Waals surface area contributed by atoms with Crippen molar-refractivity contribution in [3.63, 3.8) is 0 Å². The highest BCUT2D eigenvalue weighted by Gasteiger charge is 2.13. The summed E-state index contributed by atoms with van der Waals surface area (Å²) in [4.78, 5) is 38.7. The Kier molecular flexibility index (Phi) is 5.07. The molecule has 0 spiro atoms. The second-order valence-electron chi connectivity index (χ2n) is 6.59. The maximum absolute atomic E-state index is 13.2. The molecule has 0 saturated heterocycles. The third kappa shape index (κ3) is 3.92. The number of non-ortho nitro benzene ring substituents is 2. The van der Waals surface area contributed by atoms with Crippen LogP contribution in [0.4, 0.5) is 11.4 Å². The Labute approximate surface area is 174 Å². The van der Waals surface area contributed by atoms with Gasteiger partial charge in [-0.05, 0) is 35.9 Å².